The Kier molecular flexibility index (Phi) is 3.81. The lowest BCUT2D eigenvalue weighted by Gasteiger charge is -2.24. The Balaban J connectivity index is 2.23. The van der Waals surface area contributed by atoms with Gasteiger partial charge in [0.1, 0.15) is 0 Å². The molecule has 1 heterocycles. The second-order valence-corrected chi connectivity index (χ2v) is 2.87. The van der Waals surface area contributed by atoms with Gasteiger partial charge in [-0.15, -0.1) is 0 Å². The van der Waals surface area contributed by atoms with Crippen molar-refractivity contribution in [1.29, 1.82) is 0 Å². The first-order chi connectivity index (χ1) is 5.43. The van der Waals surface area contributed by atoms with E-state index in [1.54, 1.807) is 6.08 Å². The number of likely N-dealkylation sites (tertiary alicyclic amines) is 1. The first-order valence-corrected chi connectivity index (χ1v) is 4.30. The molecule has 0 spiro atoms. The molecule has 0 bridgehead atoms. The number of nitrogens with zero attached hydrogens (tertiary/aromatic N) is 1. The van der Waals surface area contributed by atoms with E-state index in [0.717, 1.165) is 0 Å². The number of rotatable bonds is 2. The van der Waals surface area contributed by atoms with Gasteiger partial charge in [0, 0.05) is 13.1 Å². The summed E-state index contributed by atoms with van der Waals surface area (Å²) >= 11 is 0. The summed E-state index contributed by atoms with van der Waals surface area (Å²) in [6, 6.07) is 0. The highest BCUT2D eigenvalue weighted by atomic mass is 15.1. The van der Waals surface area contributed by atoms with Gasteiger partial charge in [-0.05, 0) is 38.5 Å². The molecule has 0 aliphatic carbocycles. The average Bonchev–Trinajstić information content (AvgIpc) is 2.07. The normalized spacial score (nSPS) is 20.3. The van der Waals surface area contributed by atoms with E-state index in [-0.39, 0.29) is 0 Å². The van der Waals surface area contributed by atoms with Crippen LogP contribution in [0.2, 0.25) is 0 Å². The topological polar surface area (TPSA) is 3.24 Å². The van der Waals surface area contributed by atoms with Crippen LogP contribution in [-0.2, 0) is 0 Å². The van der Waals surface area contributed by atoms with Crippen LogP contribution in [0.5, 0.6) is 0 Å². The number of hydrogen-bond donors (Lipinski definition) is 0. The Bertz CT molecular complexity index is 141. The minimum absolute atomic E-state index is 1.22. The summed E-state index contributed by atoms with van der Waals surface area (Å²) in [6.07, 6.45) is 12.1. The molecule has 0 aromatic rings. The van der Waals surface area contributed by atoms with E-state index in [0.29, 0.717) is 0 Å². The van der Waals surface area contributed by atoms with Gasteiger partial charge in [0.05, 0.1) is 0 Å². The van der Waals surface area contributed by atoms with Crippen molar-refractivity contribution in [3.05, 3.63) is 31.4 Å². The van der Waals surface area contributed by atoms with Crippen LogP contribution in [-0.4, -0.2) is 18.0 Å². The number of piperidine rings is 1. The van der Waals surface area contributed by atoms with E-state index in [2.05, 4.69) is 24.1 Å². The summed E-state index contributed by atoms with van der Waals surface area (Å²) in [5.41, 5.74) is 0. The van der Waals surface area contributed by atoms with E-state index in [9.17, 15) is 0 Å². The van der Waals surface area contributed by atoms with Crippen molar-refractivity contribution in [2.75, 3.05) is 13.1 Å². The van der Waals surface area contributed by atoms with Gasteiger partial charge in [-0.25, -0.2) is 0 Å². The summed E-state index contributed by atoms with van der Waals surface area (Å²) in [4.78, 5) is 2.36. The van der Waals surface area contributed by atoms with Gasteiger partial charge < -0.3 is 4.90 Å². The molecular weight excluding hydrogens is 134 g/mol. The van der Waals surface area contributed by atoms with Crippen LogP contribution in [0.4, 0.5) is 0 Å². The Hall–Kier alpha value is -0.720. The maximum atomic E-state index is 3.62. The van der Waals surface area contributed by atoms with Gasteiger partial charge >= 0.3 is 0 Å². The van der Waals surface area contributed by atoms with E-state index >= 15 is 0 Å². The van der Waals surface area contributed by atoms with Crippen molar-refractivity contribution in [2.24, 2.45) is 0 Å². The molecule has 1 nitrogen and oxygen atoms in total. The molecule has 0 unspecified atom stereocenters. The quantitative estimate of drug-likeness (QED) is 0.546. The minimum atomic E-state index is 1.22. The van der Waals surface area contributed by atoms with Crippen molar-refractivity contribution >= 4 is 0 Å². The first kappa shape index (κ1) is 8.38. The molecule has 0 amide bonds. The molecule has 1 saturated heterocycles. The molecule has 1 heteroatoms. The zero-order valence-corrected chi connectivity index (χ0v) is 7.00. The predicted octanol–water partition coefficient (Wildman–Crippen LogP) is 2.38. The van der Waals surface area contributed by atoms with Crippen molar-refractivity contribution in [3.8, 4) is 0 Å². The summed E-state index contributed by atoms with van der Waals surface area (Å²) in [6.45, 7) is 6.07. The highest BCUT2D eigenvalue weighted by molar-refractivity contribution is 5.03. The smallest absolute Gasteiger partial charge is 0.0172 e. The Morgan fingerprint density at radius 2 is 1.73 bits per heavy atom. The fourth-order valence-corrected chi connectivity index (χ4v) is 1.32. The third-order valence-corrected chi connectivity index (χ3v) is 1.93. The lowest BCUT2D eigenvalue weighted by atomic mass is 10.1. The maximum Gasteiger partial charge on any atom is 0.0172 e. The van der Waals surface area contributed by atoms with Crippen molar-refractivity contribution in [3.63, 3.8) is 0 Å². The van der Waals surface area contributed by atoms with Crippen LogP contribution in [0, 0.1) is 6.92 Å². The van der Waals surface area contributed by atoms with Crippen LogP contribution in [0.3, 0.4) is 0 Å². The molecule has 0 aromatic heterocycles. The largest absolute Gasteiger partial charge is 0.377 e. The molecule has 1 fully saturated rings. The minimum Gasteiger partial charge on any atom is -0.377 e. The van der Waals surface area contributed by atoms with Gasteiger partial charge in [0.25, 0.3) is 0 Å². The van der Waals surface area contributed by atoms with Crippen LogP contribution >= 0.6 is 0 Å². The second kappa shape index (κ2) is 5.00. The number of hydrogen-bond acceptors (Lipinski definition) is 1. The summed E-state index contributed by atoms with van der Waals surface area (Å²) < 4.78 is 0. The third kappa shape index (κ3) is 3.26. The lowest BCUT2D eigenvalue weighted by Crippen LogP contribution is -2.23. The standard InChI is InChI=1S/C10H16N/c1-2-3-5-8-11-9-6-4-7-10-11/h2-3,5,8H,1,4,6-7,9-10H2. The van der Waals surface area contributed by atoms with Gasteiger partial charge in [-0.1, -0.05) is 12.2 Å². The van der Waals surface area contributed by atoms with Crippen molar-refractivity contribution in [2.45, 2.75) is 19.3 Å². The molecule has 0 saturated carbocycles. The van der Waals surface area contributed by atoms with Crippen LogP contribution in [0.15, 0.2) is 24.4 Å². The van der Waals surface area contributed by atoms with Crippen LogP contribution in [0.1, 0.15) is 19.3 Å². The molecule has 0 atom stereocenters. The predicted molar refractivity (Wildman–Crippen MR) is 49.1 cm³/mol. The van der Waals surface area contributed by atoms with Crippen LogP contribution < -0.4 is 0 Å². The monoisotopic (exact) mass is 150 g/mol. The molecule has 0 aromatic carbocycles. The molecule has 0 N–H and O–H groups in total. The second-order valence-electron chi connectivity index (χ2n) is 2.87. The fourth-order valence-electron chi connectivity index (χ4n) is 1.32. The summed E-state index contributed by atoms with van der Waals surface area (Å²) in [5.74, 6) is 0. The zero-order valence-electron chi connectivity index (χ0n) is 7.00. The Morgan fingerprint density at radius 1 is 1.00 bits per heavy atom. The number of allylic oxidation sites excluding steroid dienone is 3. The molecule has 11 heavy (non-hydrogen) atoms. The fraction of sp³-hybridized carbons (Fsp3) is 0.500. The van der Waals surface area contributed by atoms with Gasteiger partial charge in [-0.2, -0.15) is 0 Å². The lowest BCUT2D eigenvalue weighted by molar-refractivity contribution is 0.309. The Morgan fingerprint density at radius 3 is 2.36 bits per heavy atom. The molecule has 1 aliphatic rings. The van der Waals surface area contributed by atoms with E-state index < -0.39 is 0 Å². The zero-order chi connectivity index (χ0) is 7.94. The molecule has 61 valence electrons. The van der Waals surface area contributed by atoms with Gasteiger partial charge in [-0.3, -0.25) is 0 Å². The summed E-state index contributed by atoms with van der Waals surface area (Å²) in [7, 11) is 0. The van der Waals surface area contributed by atoms with E-state index in [1.807, 2.05) is 6.08 Å². The molecule has 1 radical (unpaired) electrons. The highest BCUT2D eigenvalue weighted by Gasteiger charge is 2.03. The Labute approximate surface area is 69.4 Å². The van der Waals surface area contributed by atoms with Gasteiger partial charge in [0.15, 0.2) is 0 Å². The molecule has 1 rings (SSSR count). The average molecular weight is 150 g/mol. The molecule has 1 aliphatic heterocycles. The van der Waals surface area contributed by atoms with E-state index in [1.165, 1.54) is 32.4 Å². The highest BCUT2D eigenvalue weighted by Crippen LogP contribution is 2.08. The van der Waals surface area contributed by atoms with Crippen LogP contribution in [0.25, 0.3) is 0 Å². The van der Waals surface area contributed by atoms with Crippen molar-refractivity contribution < 1.29 is 0 Å². The van der Waals surface area contributed by atoms with Crippen molar-refractivity contribution in [1.82, 2.24) is 4.90 Å². The summed E-state index contributed by atoms with van der Waals surface area (Å²) in [5, 5.41) is 0. The van der Waals surface area contributed by atoms with Gasteiger partial charge in [0.2, 0.25) is 0 Å². The maximum absolute atomic E-state index is 3.62. The van der Waals surface area contributed by atoms with E-state index in [4.69, 9.17) is 0 Å². The first-order valence-electron chi connectivity index (χ1n) is 4.30. The molecular formula is C10H16N. The SMILES string of the molecule is [CH2]C=CC=CN1CCCCC1. The third-order valence-electron chi connectivity index (χ3n) is 1.93.